The highest BCUT2D eigenvalue weighted by atomic mass is 19.3. The lowest BCUT2D eigenvalue weighted by atomic mass is 9.90. The Morgan fingerprint density at radius 1 is 1.18 bits per heavy atom. The van der Waals surface area contributed by atoms with Crippen molar-refractivity contribution in [1.29, 1.82) is 0 Å². The molecular formula is C17H17F2NO2. The summed E-state index contributed by atoms with van der Waals surface area (Å²) in [5, 5.41) is 4.86. The van der Waals surface area contributed by atoms with E-state index in [1.54, 1.807) is 24.3 Å². The molecule has 1 unspecified atom stereocenters. The smallest absolute Gasteiger partial charge is 0.387 e. The molecule has 3 nitrogen and oxygen atoms in total. The van der Waals surface area contributed by atoms with Crippen molar-refractivity contribution >= 4 is 16.6 Å². The van der Waals surface area contributed by atoms with Crippen LogP contribution in [0.25, 0.3) is 10.8 Å². The van der Waals surface area contributed by atoms with Gasteiger partial charge < -0.3 is 10.1 Å². The van der Waals surface area contributed by atoms with E-state index in [9.17, 15) is 13.6 Å². The molecule has 3 rings (SSSR count). The molecule has 0 aliphatic carbocycles. The number of fused-ring (bicyclic) bond motifs is 1. The van der Waals surface area contributed by atoms with Gasteiger partial charge in [-0.3, -0.25) is 4.79 Å². The molecule has 0 spiro atoms. The van der Waals surface area contributed by atoms with Gasteiger partial charge in [0, 0.05) is 18.0 Å². The van der Waals surface area contributed by atoms with Gasteiger partial charge in [0.2, 0.25) is 0 Å². The predicted molar refractivity (Wildman–Crippen MR) is 80.5 cm³/mol. The second-order valence-corrected chi connectivity index (χ2v) is 5.51. The Bertz CT molecular complexity index is 681. The van der Waals surface area contributed by atoms with Gasteiger partial charge in [-0.15, -0.1) is 0 Å². The summed E-state index contributed by atoms with van der Waals surface area (Å²) in [6.45, 7) is -1.15. The second kappa shape index (κ2) is 6.40. The summed E-state index contributed by atoms with van der Waals surface area (Å²) < 4.78 is 28.8. The summed E-state index contributed by atoms with van der Waals surface area (Å²) in [5.74, 6) is 0.285. The van der Waals surface area contributed by atoms with E-state index in [-0.39, 0.29) is 17.5 Å². The standard InChI is InChI=1S/C17H17F2NO2/c18-17(19)22-15-6-5-11-8-13(4-3-12(11)9-15)16(21)14-2-1-7-20-10-14/h3-6,8-9,14,17,20H,1-2,7,10H2. The molecule has 0 amide bonds. The summed E-state index contributed by atoms with van der Waals surface area (Å²) >= 11 is 0. The van der Waals surface area contributed by atoms with Crippen LogP contribution in [0.15, 0.2) is 36.4 Å². The topological polar surface area (TPSA) is 38.3 Å². The first-order valence-electron chi connectivity index (χ1n) is 7.37. The van der Waals surface area contributed by atoms with E-state index in [0.717, 1.165) is 36.7 Å². The van der Waals surface area contributed by atoms with Gasteiger partial charge in [-0.25, -0.2) is 0 Å². The molecule has 2 aromatic rings. The fourth-order valence-corrected chi connectivity index (χ4v) is 2.86. The summed E-state index contributed by atoms with van der Waals surface area (Å²) in [7, 11) is 0. The molecule has 5 heteroatoms. The monoisotopic (exact) mass is 305 g/mol. The van der Waals surface area contributed by atoms with Crippen LogP contribution in [0.2, 0.25) is 0 Å². The molecule has 0 bridgehead atoms. The van der Waals surface area contributed by atoms with E-state index in [1.807, 2.05) is 6.07 Å². The van der Waals surface area contributed by atoms with Crippen LogP contribution in [0.1, 0.15) is 23.2 Å². The number of hydrogen-bond acceptors (Lipinski definition) is 3. The average molecular weight is 305 g/mol. The number of nitrogens with one attached hydrogen (secondary N) is 1. The Balaban J connectivity index is 1.84. The maximum absolute atomic E-state index is 12.5. The third kappa shape index (κ3) is 3.25. The summed E-state index contributed by atoms with van der Waals surface area (Å²) in [6.07, 6.45) is 1.92. The maximum Gasteiger partial charge on any atom is 0.387 e. The zero-order valence-corrected chi connectivity index (χ0v) is 12.0. The first kappa shape index (κ1) is 14.9. The third-order valence-electron chi connectivity index (χ3n) is 3.99. The number of halogens is 2. The zero-order valence-electron chi connectivity index (χ0n) is 12.0. The van der Waals surface area contributed by atoms with Crippen LogP contribution >= 0.6 is 0 Å². The molecule has 1 heterocycles. The van der Waals surface area contributed by atoms with Gasteiger partial charge in [0.25, 0.3) is 0 Å². The van der Waals surface area contributed by atoms with Crippen LogP contribution in [0, 0.1) is 5.92 Å². The SMILES string of the molecule is O=C(c1ccc2cc(OC(F)F)ccc2c1)C1CCCNC1. The number of ether oxygens (including phenoxy) is 1. The Hall–Kier alpha value is -2.01. The van der Waals surface area contributed by atoms with E-state index in [1.165, 1.54) is 6.07 Å². The van der Waals surface area contributed by atoms with Crippen LogP contribution in [-0.2, 0) is 0 Å². The van der Waals surface area contributed by atoms with Crippen molar-refractivity contribution in [2.24, 2.45) is 5.92 Å². The number of ketones is 1. The summed E-state index contributed by atoms with van der Waals surface area (Å²) in [6, 6.07) is 10.1. The van der Waals surface area contributed by atoms with Crippen LogP contribution < -0.4 is 10.1 Å². The lowest BCUT2D eigenvalue weighted by Gasteiger charge is -2.21. The molecule has 1 N–H and O–H groups in total. The van der Waals surface area contributed by atoms with E-state index >= 15 is 0 Å². The highest BCUT2D eigenvalue weighted by Crippen LogP contribution is 2.25. The van der Waals surface area contributed by atoms with Crippen LogP contribution in [0.4, 0.5) is 8.78 Å². The van der Waals surface area contributed by atoms with Crippen LogP contribution in [0.5, 0.6) is 5.75 Å². The number of hydrogen-bond donors (Lipinski definition) is 1. The lowest BCUT2D eigenvalue weighted by Crippen LogP contribution is -2.34. The van der Waals surface area contributed by atoms with Crippen molar-refractivity contribution in [2.45, 2.75) is 19.5 Å². The van der Waals surface area contributed by atoms with Crippen molar-refractivity contribution < 1.29 is 18.3 Å². The van der Waals surface area contributed by atoms with Gasteiger partial charge in [0.15, 0.2) is 5.78 Å². The van der Waals surface area contributed by atoms with Crippen molar-refractivity contribution in [1.82, 2.24) is 5.32 Å². The van der Waals surface area contributed by atoms with E-state index in [0.29, 0.717) is 5.56 Å². The first-order chi connectivity index (χ1) is 10.6. The molecule has 22 heavy (non-hydrogen) atoms. The second-order valence-electron chi connectivity index (χ2n) is 5.51. The third-order valence-corrected chi connectivity index (χ3v) is 3.99. The molecule has 1 atom stereocenters. The van der Waals surface area contributed by atoms with Crippen molar-refractivity contribution in [3.63, 3.8) is 0 Å². The minimum atomic E-state index is -2.84. The molecule has 0 aromatic heterocycles. The van der Waals surface area contributed by atoms with E-state index in [4.69, 9.17) is 0 Å². The molecule has 0 saturated carbocycles. The van der Waals surface area contributed by atoms with Crippen molar-refractivity contribution in [2.75, 3.05) is 13.1 Å². The molecule has 0 radical (unpaired) electrons. The van der Waals surface area contributed by atoms with E-state index < -0.39 is 6.61 Å². The highest BCUT2D eigenvalue weighted by Gasteiger charge is 2.22. The van der Waals surface area contributed by atoms with Gasteiger partial charge >= 0.3 is 6.61 Å². The normalized spacial score (nSPS) is 18.6. The molecular weight excluding hydrogens is 288 g/mol. The number of carbonyl (C=O) groups excluding carboxylic acids is 1. The number of carbonyl (C=O) groups is 1. The quantitative estimate of drug-likeness (QED) is 0.877. The Morgan fingerprint density at radius 3 is 2.68 bits per heavy atom. The number of piperidine rings is 1. The Kier molecular flexibility index (Phi) is 4.34. The molecule has 1 aliphatic rings. The lowest BCUT2D eigenvalue weighted by molar-refractivity contribution is -0.0497. The summed E-state index contributed by atoms with van der Waals surface area (Å²) in [5.41, 5.74) is 0.670. The number of benzene rings is 2. The molecule has 1 aliphatic heterocycles. The van der Waals surface area contributed by atoms with Gasteiger partial charge in [0.05, 0.1) is 0 Å². The highest BCUT2D eigenvalue weighted by molar-refractivity contribution is 6.01. The van der Waals surface area contributed by atoms with Crippen LogP contribution in [0.3, 0.4) is 0 Å². The molecule has 1 fully saturated rings. The zero-order chi connectivity index (χ0) is 15.5. The van der Waals surface area contributed by atoms with Gasteiger partial charge in [0.1, 0.15) is 5.75 Å². The fraction of sp³-hybridized carbons (Fsp3) is 0.353. The van der Waals surface area contributed by atoms with Crippen molar-refractivity contribution in [3.8, 4) is 5.75 Å². The predicted octanol–water partition coefficient (Wildman–Crippen LogP) is 3.62. The number of alkyl halides is 2. The van der Waals surface area contributed by atoms with Crippen molar-refractivity contribution in [3.05, 3.63) is 42.0 Å². The molecule has 116 valence electrons. The minimum absolute atomic E-state index is 0.0210. The Labute approximate surface area is 127 Å². The average Bonchev–Trinajstić information content (AvgIpc) is 2.54. The number of rotatable bonds is 4. The van der Waals surface area contributed by atoms with Gasteiger partial charge in [-0.05, 0) is 48.4 Å². The Morgan fingerprint density at radius 2 is 1.95 bits per heavy atom. The van der Waals surface area contributed by atoms with Gasteiger partial charge in [-0.1, -0.05) is 18.2 Å². The molecule has 2 aromatic carbocycles. The first-order valence-corrected chi connectivity index (χ1v) is 7.37. The fourth-order valence-electron chi connectivity index (χ4n) is 2.86. The maximum atomic E-state index is 12.5. The largest absolute Gasteiger partial charge is 0.435 e. The number of Topliss-reactive ketones (excluding diaryl/α,β-unsaturated/α-hetero) is 1. The summed E-state index contributed by atoms with van der Waals surface area (Å²) in [4.78, 5) is 12.5. The minimum Gasteiger partial charge on any atom is -0.435 e. The van der Waals surface area contributed by atoms with Gasteiger partial charge in [-0.2, -0.15) is 8.78 Å². The van der Waals surface area contributed by atoms with Crippen LogP contribution in [-0.4, -0.2) is 25.5 Å². The van der Waals surface area contributed by atoms with E-state index in [2.05, 4.69) is 10.1 Å². The molecule has 1 saturated heterocycles.